The van der Waals surface area contributed by atoms with E-state index in [2.05, 4.69) is 38.0 Å². The fourth-order valence-electron chi connectivity index (χ4n) is 2.36. The average molecular weight is 309 g/mol. The highest BCUT2D eigenvalue weighted by atomic mass is 32.1. The molecule has 1 aromatic rings. The van der Waals surface area contributed by atoms with Gasteiger partial charge in [0.2, 0.25) is 0 Å². The van der Waals surface area contributed by atoms with Crippen LogP contribution in [-0.2, 0) is 6.42 Å². The fourth-order valence-corrected chi connectivity index (χ4v) is 3.22. The zero-order valence-electron chi connectivity index (χ0n) is 13.7. The first-order valence-electron chi connectivity index (χ1n) is 7.97. The van der Waals surface area contributed by atoms with Crippen LogP contribution in [0.4, 0.5) is 4.79 Å². The number of urea groups is 1. The Kier molecular flexibility index (Phi) is 5.25. The first kappa shape index (κ1) is 16.3. The summed E-state index contributed by atoms with van der Waals surface area (Å²) in [6, 6.07) is 0.729. The van der Waals surface area contributed by atoms with Crippen molar-refractivity contribution in [2.75, 3.05) is 0 Å². The van der Waals surface area contributed by atoms with E-state index in [9.17, 15) is 4.79 Å². The van der Waals surface area contributed by atoms with Gasteiger partial charge in [0.1, 0.15) is 5.01 Å². The molecule has 0 saturated heterocycles. The van der Waals surface area contributed by atoms with Crippen molar-refractivity contribution in [2.24, 2.45) is 5.92 Å². The molecule has 1 N–H and O–H groups in total. The zero-order valence-corrected chi connectivity index (χ0v) is 14.5. The SMILES string of the molecule is CCc1cnc([C@H](C)NC(=O)N(C2CC2)[C@H](C)C(C)C)s1. The number of carbonyl (C=O) groups is 1. The monoisotopic (exact) mass is 309 g/mol. The van der Waals surface area contributed by atoms with Crippen molar-refractivity contribution in [1.82, 2.24) is 15.2 Å². The third kappa shape index (κ3) is 3.96. The number of aryl methyl sites for hydroxylation is 1. The van der Waals surface area contributed by atoms with Crippen LogP contribution >= 0.6 is 11.3 Å². The molecule has 2 rings (SSSR count). The van der Waals surface area contributed by atoms with Crippen molar-refractivity contribution in [2.45, 2.75) is 72.0 Å². The van der Waals surface area contributed by atoms with Crippen LogP contribution < -0.4 is 5.32 Å². The van der Waals surface area contributed by atoms with Gasteiger partial charge in [-0.05, 0) is 39.0 Å². The van der Waals surface area contributed by atoms with E-state index in [0.717, 1.165) is 24.3 Å². The molecule has 1 aromatic heterocycles. The Hall–Kier alpha value is -1.10. The van der Waals surface area contributed by atoms with Crippen LogP contribution in [0.2, 0.25) is 0 Å². The molecule has 1 heterocycles. The summed E-state index contributed by atoms with van der Waals surface area (Å²) in [5.41, 5.74) is 0. The van der Waals surface area contributed by atoms with Crippen molar-refractivity contribution in [3.63, 3.8) is 0 Å². The van der Waals surface area contributed by atoms with E-state index >= 15 is 0 Å². The Balaban J connectivity index is 2.01. The molecule has 0 aromatic carbocycles. The number of rotatable bonds is 6. The van der Waals surface area contributed by atoms with Gasteiger partial charge in [0, 0.05) is 23.2 Å². The molecule has 2 amide bonds. The molecule has 1 aliphatic rings. The lowest BCUT2D eigenvalue weighted by Gasteiger charge is -2.33. The summed E-state index contributed by atoms with van der Waals surface area (Å²) < 4.78 is 0. The first-order chi connectivity index (χ1) is 9.93. The minimum Gasteiger partial charge on any atom is -0.329 e. The van der Waals surface area contributed by atoms with Gasteiger partial charge in [0.15, 0.2) is 0 Å². The van der Waals surface area contributed by atoms with Gasteiger partial charge in [-0.2, -0.15) is 0 Å². The number of aromatic nitrogens is 1. The average Bonchev–Trinajstić information content (AvgIpc) is 3.14. The molecule has 1 fully saturated rings. The fraction of sp³-hybridized carbons (Fsp3) is 0.750. The largest absolute Gasteiger partial charge is 0.329 e. The molecule has 2 atom stereocenters. The summed E-state index contributed by atoms with van der Waals surface area (Å²) in [5, 5.41) is 4.12. The summed E-state index contributed by atoms with van der Waals surface area (Å²) >= 11 is 1.69. The Morgan fingerprint density at radius 2 is 2.10 bits per heavy atom. The molecule has 4 nitrogen and oxygen atoms in total. The minimum atomic E-state index is -0.0246. The summed E-state index contributed by atoms with van der Waals surface area (Å²) in [4.78, 5) is 20.3. The van der Waals surface area contributed by atoms with Gasteiger partial charge in [-0.25, -0.2) is 9.78 Å². The van der Waals surface area contributed by atoms with Gasteiger partial charge in [0.25, 0.3) is 0 Å². The van der Waals surface area contributed by atoms with E-state index < -0.39 is 0 Å². The second-order valence-electron chi connectivity index (χ2n) is 6.31. The molecule has 21 heavy (non-hydrogen) atoms. The molecule has 0 aliphatic heterocycles. The van der Waals surface area contributed by atoms with E-state index in [1.54, 1.807) is 11.3 Å². The molecule has 118 valence electrons. The number of carbonyl (C=O) groups excluding carboxylic acids is 1. The quantitative estimate of drug-likeness (QED) is 0.863. The van der Waals surface area contributed by atoms with Crippen LogP contribution in [-0.4, -0.2) is 28.0 Å². The zero-order chi connectivity index (χ0) is 15.6. The maximum absolute atomic E-state index is 12.6. The second kappa shape index (κ2) is 6.77. The van der Waals surface area contributed by atoms with Crippen molar-refractivity contribution in [3.05, 3.63) is 16.1 Å². The maximum atomic E-state index is 12.6. The highest BCUT2D eigenvalue weighted by molar-refractivity contribution is 7.11. The number of nitrogens with one attached hydrogen (secondary N) is 1. The highest BCUT2D eigenvalue weighted by Crippen LogP contribution is 2.31. The Bertz CT molecular complexity index is 482. The molecular formula is C16H27N3OS. The molecule has 5 heteroatoms. The molecule has 0 spiro atoms. The lowest BCUT2D eigenvalue weighted by Crippen LogP contribution is -2.48. The van der Waals surface area contributed by atoms with E-state index in [4.69, 9.17) is 0 Å². The topological polar surface area (TPSA) is 45.2 Å². The van der Waals surface area contributed by atoms with Crippen molar-refractivity contribution in [3.8, 4) is 0 Å². The Morgan fingerprint density at radius 1 is 1.43 bits per heavy atom. The van der Waals surface area contributed by atoms with Crippen LogP contribution in [0.15, 0.2) is 6.20 Å². The summed E-state index contributed by atoms with van der Waals surface area (Å²) in [6.07, 6.45) is 5.18. The Labute approximate surface area is 132 Å². The smallest absolute Gasteiger partial charge is 0.318 e. The molecule has 1 saturated carbocycles. The number of amides is 2. The van der Waals surface area contributed by atoms with E-state index in [-0.39, 0.29) is 18.1 Å². The minimum absolute atomic E-state index is 0.0246. The normalized spacial score (nSPS) is 17.6. The number of nitrogens with zero attached hydrogens (tertiary/aromatic N) is 2. The van der Waals surface area contributed by atoms with E-state index in [1.165, 1.54) is 4.88 Å². The standard InChI is InChI=1S/C16H27N3OS/c1-6-14-9-17-15(21-14)11(4)18-16(20)19(13-7-8-13)12(5)10(2)3/h9-13H,6-8H2,1-5H3,(H,18,20)/t11-,12+/m0/s1. The van der Waals surface area contributed by atoms with Gasteiger partial charge in [0.05, 0.1) is 6.04 Å². The molecule has 1 aliphatic carbocycles. The van der Waals surface area contributed by atoms with Gasteiger partial charge in [-0.3, -0.25) is 0 Å². The lowest BCUT2D eigenvalue weighted by molar-refractivity contribution is 0.154. The molecule has 0 radical (unpaired) electrons. The Morgan fingerprint density at radius 3 is 2.57 bits per heavy atom. The summed E-state index contributed by atoms with van der Waals surface area (Å²) in [7, 11) is 0. The van der Waals surface area contributed by atoms with Crippen LogP contribution in [0.5, 0.6) is 0 Å². The van der Waals surface area contributed by atoms with E-state index in [0.29, 0.717) is 12.0 Å². The number of hydrogen-bond donors (Lipinski definition) is 1. The van der Waals surface area contributed by atoms with Crippen LogP contribution in [0, 0.1) is 5.92 Å². The van der Waals surface area contributed by atoms with E-state index in [1.807, 2.05) is 18.0 Å². The summed E-state index contributed by atoms with van der Waals surface area (Å²) in [5.74, 6) is 0.471. The number of thiazole rings is 1. The number of hydrogen-bond acceptors (Lipinski definition) is 3. The van der Waals surface area contributed by atoms with Gasteiger partial charge in [-0.15, -0.1) is 11.3 Å². The molecule has 0 bridgehead atoms. The maximum Gasteiger partial charge on any atom is 0.318 e. The van der Waals surface area contributed by atoms with Crippen molar-refractivity contribution in [1.29, 1.82) is 0 Å². The summed E-state index contributed by atoms with van der Waals surface area (Å²) in [6.45, 7) is 10.6. The highest BCUT2D eigenvalue weighted by Gasteiger charge is 2.37. The van der Waals surface area contributed by atoms with Crippen LogP contribution in [0.1, 0.15) is 63.4 Å². The second-order valence-corrected chi connectivity index (χ2v) is 7.46. The van der Waals surface area contributed by atoms with Crippen molar-refractivity contribution >= 4 is 17.4 Å². The lowest BCUT2D eigenvalue weighted by atomic mass is 10.0. The van der Waals surface area contributed by atoms with Crippen LogP contribution in [0.25, 0.3) is 0 Å². The van der Waals surface area contributed by atoms with Crippen molar-refractivity contribution < 1.29 is 4.79 Å². The van der Waals surface area contributed by atoms with Gasteiger partial charge in [-0.1, -0.05) is 20.8 Å². The van der Waals surface area contributed by atoms with Gasteiger partial charge >= 0.3 is 6.03 Å². The third-order valence-corrected chi connectivity index (χ3v) is 5.53. The van der Waals surface area contributed by atoms with Gasteiger partial charge < -0.3 is 10.2 Å². The predicted octanol–water partition coefficient (Wildman–Crippen LogP) is 3.99. The molecular weight excluding hydrogens is 282 g/mol. The predicted molar refractivity (Wildman–Crippen MR) is 87.6 cm³/mol. The molecule has 0 unspecified atom stereocenters. The van der Waals surface area contributed by atoms with Crippen LogP contribution in [0.3, 0.4) is 0 Å². The first-order valence-corrected chi connectivity index (χ1v) is 8.79. The third-order valence-electron chi connectivity index (χ3n) is 4.21.